The van der Waals surface area contributed by atoms with Gasteiger partial charge in [0.2, 0.25) is 9.84 Å². The number of benzene rings is 2. The Kier molecular flexibility index (Phi) is 7.28. The topological polar surface area (TPSA) is 76.4 Å². The summed E-state index contributed by atoms with van der Waals surface area (Å²) in [6, 6.07) is 12.5. The Morgan fingerprint density at radius 3 is 2.41 bits per heavy atom. The summed E-state index contributed by atoms with van der Waals surface area (Å²) in [7, 11) is -3.95. The lowest BCUT2D eigenvalue weighted by molar-refractivity contribution is 0.277. The molecule has 2 aromatic rings. The van der Waals surface area contributed by atoms with Gasteiger partial charge in [-0.2, -0.15) is 5.26 Å². The monoisotopic (exact) mass is 405 g/mol. The van der Waals surface area contributed by atoms with Crippen molar-refractivity contribution in [1.82, 2.24) is 0 Å². The first-order valence-corrected chi connectivity index (χ1v) is 10.3. The van der Waals surface area contributed by atoms with E-state index in [4.69, 9.17) is 21.1 Å². The molecule has 0 aliphatic heterocycles. The third-order valence-corrected chi connectivity index (χ3v) is 5.48. The average Bonchev–Trinajstić information content (AvgIpc) is 2.66. The first-order chi connectivity index (χ1) is 12.9. The van der Waals surface area contributed by atoms with E-state index in [0.29, 0.717) is 35.3 Å². The molecule has 0 aliphatic carbocycles. The van der Waals surface area contributed by atoms with Crippen molar-refractivity contribution in [2.75, 3.05) is 13.2 Å². The van der Waals surface area contributed by atoms with Crippen molar-refractivity contribution in [3.8, 4) is 17.6 Å². The molecule has 0 radical (unpaired) electrons. The molecule has 2 aromatic carbocycles. The highest BCUT2D eigenvalue weighted by atomic mass is 35.5. The average molecular weight is 406 g/mol. The molecule has 0 fully saturated rings. The van der Waals surface area contributed by atoms with Crippen LogP contribution in [0.1, 0.15) is 25.8 Å². The molecule has 2 rings (SSSR count). The van der Waals surface area contributed by atoms with Gasteiger partial charge in [-0.15, -0.1) is 0 Å². The SMILES string of the molecule is CCCOc1ccc(/C=C(\C#N)S(=O)(=O)c2ccc(Cl)cc2)cc1OCC. The molecule has 0 heterocycles. The summed E-state index contributed by atoms with van der Waals surface area (Å²) in [5.41, 5.74) is 0.524. The molecule has 0 unspecified atom stereocenters. The van der Waals surface area contributed by atoms with Crippen molar-refractivity contribution in [3.63, 3.8) is 0 Å². The van der Waals surface area contributed by atoms with Crippen LogP contribution >= 0.6 is 11.6 Å². The largest absolute Gasteiger partial charge is 0.490 e. The Labute approximate surface area is 164 Å². The number of nitriles is 1. The zero-order valence-corrected chi connectivity index (χ0v) is 16.7. The normalized spacial score (nSPS) is 11.7. The van der Waals surface area contributed by atoms with Gasteiger partial charge in [0.05, 0.1) is 18.1 Å². The van der Waals surface area contributed by atoms with Crippen LogP contribution in [0.15, 0.2) is 52.3 Å². The minimum Gasteiger partial charge on any atom is -0.490 e. The van der Waals surface area contributed by atoms with Crippen LogP contribution in [-0.2, 0) is 9.84 Å². The Hall–Kier alpha value is -2.49. The molecular formula is C20H20ClNO4S. The zero-order chi connectivity index (χ0) is 19.9. The Bertz CT molecular complexity index is 960. The van der Waals surface area contributed by atoms with Gasteiger partial charge in [-0.25, -0.2) is 8.42 Å². The number of rotatable bonds is 8. The molecule has 27 heavy (non-hydrogen) atoms. The van der Waals surface area contributed by atoms with Crippen LogP contribution in [0.3, 0.4) is 0 Å². The first-order valence-electron chi connectivity index (χ1n) is 8.44. The molecule has 7 heteroatoms. The lowest BCUT2D eigenvalue weighted by Crippen LogP contribution is -2.04. The van der Waals surface area contributed by atoms with Crippen molar-refractivity contribution in [2.24, 2.45) is 0 Å². The van der Waals surface area contributed by atoms with Crippen LogP contribution in [-0.4, -0.2) is 21.6 Å². The van der Waals surface area contributed by atoms with Gasteiger partial charge in [-0.3, -0.25) is 0 Å². The van der Waals surface area contributed by atoms with Gasteiger partial charge in [0, 0.05) is 5.02 Å². The highest BCUT2D eigenvalue weighted by molar-refractivity contribution is 7.95. The van der Waals surface area contributed by atoms with Gasteiger partial charge in [-0.1, -0.05) is 24.6 Å². The first kappa shape index (κ1) is 20.8. The van der Waals surface area contributed by atoms with Crippen LogP contribution in [0.2, 0.25) is 5.02 Å². The van der Waals surface area contributed by atoms with E-state index in [1.165, 1.54) is 30.3 Å². The van der Waals surface area contributed by atoms with Gasteiger partial charge in [0.15, 0.2) is 11.5 Å². The van der Waals surface area contributed by atoms with E-state index in [-0.39, 0.29) is 9.80 Å². The van der Waals surface area contributed by atoms with Crippen LogP contribution in [0.25, 0.3) is 6.08 Å². The standard InChI is InChI=1S/C20H20ClNO4S/c1-3-11-26-19-10-5-15(13-20(19)25-4-2)12-18(14-22)27(23,24)17-8-6-16(21)7-9-17/h5-10,12-13H,3-4,11H2,1-2H3/b18-12+. The summed E-state index contributed by atoms with van der Waals surface area (Å²) >= 11 is 5.80. The van der Waals surface area contributed by atoms with Crippen molar-refractivity contribution in [1.29, 1.82) is 5.26 Å². The number of ether oxygens (including phenoxy) is 2. The van der Waals surface area contributed by atoms with E-state index in [2.05, 4.69) is 0 Å². The molecular weight excluding hydrogens is 386 g/mol. The summed E-state index contributed by atoms with van der Waals surface area (Å²) in [6.07, 6.45) is 2.17. The predicted molar refractivity (Wildman–Crippen MR) is 106 cm³/mol. The maximum absolute atomic E-state index is 12.7. The lowest BCUT2D eigenvalue weighted by Gasteiger charge is -2.12. The van der Waals surface area contributed by atoms with Crippen LogP contribution in [0, 0.1) is 11.3 Å². The molecule has 0 saturated carbocycles. The van der Waals surface area contributed by atoms with Crippen molar-refractivity contribution in [3.05, 3.63) is 58.0 Å². The van der Waals surface area contributed by atoms with Gasteiger partial charge in [0.1, 0.15) is 11.0 Å². The van der Waals surface area contributed by atoms with E-state index >= 15 is 0 Å². The van der Waals surface area contributed by atoms with E-state index in [0.717, 1.165) is 6.42 Å². The summed E-state index contributed by atoms with van der Waals surface area (Å²) < 4.78 is 36.6. The molecule has 0 aliphatic rings. The fourth-order valence-corrected chi connectivity index (χ4v) is 3.56. The fraction of sp³-hybridized carbons (Fsp3) is 0.250. The summed E-state index contributed by atoms with van der Waals surface area (Å²) in [4.78, 5) is -0.359. The third kappa shape index (κ3) is 5.25. The van der Waals surface area contributed by atoms with Crippen LogP contribution in [0.5, 0.6) is 11.5 Å². The molecule has 5 nitrogen and oxygen atoms in total. The summed E-state index contributed by atoms with van der Waals surface area (Å²) in [5.74, 6) is 1.08. The highest BCUT2D eigenvalue weighted by Crippen LogP contribution is 2.30. The van der Waals surface area contributed by atoms with Gasteiger partial charge in [0.25, 0.3) is 0 Å². The number of sulfone groups is 1. The van der Waals surface area contributed by atoms with Crippen LogP contribution < -0.4 is 9.47 Å². The molecule has 142 valence electrons. The fourth-order valence-electron chi connectivity index (χ4n) is 2.28. The maximum atomic E-state index is 12.7. The number of hydrogen-bond donors (Lipinski definition) is 0. The number of halogens is 1. The van der Waals surface area contributed by atoms with Gasteiger partial charge in [-0.05, 0) is 61.4 Å². The van der Waals surface area contributed by atoms with Crippen molar-refractivity contribution < 1.29 is 17.9 Å². The molecule has 0 atom stereocenters. The second-order valence-electron chi connectivity index (χ2n) is 5.57. The minimum absolute atomic E-state index is 0.00707. The predicted octanol–water partition coefficient (Wildman–Crippen LogP) is 4.87. The quantitative estimate of drug-likeness (QED) is 0.586. The molecule has 0 amide bonds. The van der Waals surface area contributed by atoms with Gasteiger partial charge < -0.3 is 9.47 Å². The smallest absolute Gasteiger partial charge is 0.216 e. The van der Waals surface area contributed by atoms with E-state index in [9.17, 15) is 13.7 Å². The van der Waals surface area contributed by atoms with E-state index in [1.54, 1.807) is 24.3 Å². The second-order valence-corrected chi connectivity index (χ2v) is 7.92. The lowest BCUT2D eigenvalue weighted by atomic mass is 10.2. The Morgan fingerprint density at radius 1 is 1.11 bits per heavy atom. The van der Waals surface area contributed by atoms with E-state index in [1.807, 2.05) is 13.8 Å². The number of nitrogens with zero attached hydrogens (tertiary/aromatic N) is 1. The van der Waals surface area contributed by atoms with Crippen LogP contribution in [0.4, 0.5) is 0 Å². The molecule has 0 spiro atoms. The summed E-state index contributed by atoms with van der Waals surface area (Å²) in [6.45, 7) is 4.82. The molecule has 0 aromatic heterocycles. The summed E-state index contributed by atoms with van der Waals surface area (Å²) in [5, 5.41) is 9.82. The minimum atomic E-state index is -3.95. The molecule has 0 bridgehead atoms. The Morgan fingerprint density at radius 2 is 1.81 bits per heavy atom. The number of allylic oxidation sites excluding steroid dienone is 1. The van der Waals surface area contributed by atoms with E-state index < -0.39 is 9.84 Å². The second kappa shape index (κ2) is 9.45. The van der Waals surface area contributed by atoms with Crippen molar-refractivity contribution >= 4 is 27.5 Å². The third-order valence-electron chi connectivity index (χ3n) is 3.55. The molecule has 0 N–H and O–H groups in total. The number of hydrogen-bond acceptors (Lipinski definition) is 5. The zero-order valence-electron chi connectivity index (χ0n) is 15.1. The van der Waals surface area contributed by atoms with Gasteiger partial charge >= 0.3 is 0 Å². The molecule has 0 saturated heterocycles. The van der Waals surface area contributed by atoms with Crippen molar-refractivity contribution in [2.45, 2.75) is 25.2 Å². The highest BCUT2D eigenvalue weighted by Gasteiger charge is 2.21. The Balaban J connectivity index is 2.43. The maximum Gasteiger partial charge on any atom is 0.216 e.